The Morgan fingerprint density at radius 3 is 2.80 bits per heavy atom. The van der Waals surface area contributed by atoms with E-state index in [2.05, 4.69) is 4.98 Å². The predicted molar refractivity (Wildman–Crippen MR) is 32.1 cm³/mol. The highest BCUT2D eigenvalue weighted by molar-refractivity contribution is 5.87. The van der Waals surface area contributed by atoms with Gasteiger partial charge in [0.25, 0.3) is 0 Å². The van der Waals surface area contributed by atoms with E-state index in [0.717, 1.165) is 0 Å². The lowest BCUT2D eigenvalue weighted by Gasteiger charge is -1.82. The minimum absolute atomic E-state index is 0.0741. The maximum atomic E-state index is 10.5. The van der Waals surface area contributed by atoms with Gasteiger partial charge in [0.2, 0.25) is 0 Å². The van der Waals surface area contributed by atoms with Crippen LogP contribution >= 0.6 is 0 Å². The van der Waals surface area contributed by atoms with E-state index in [1.54, 1.807) is 0 Å². The molecule has 0 unspecified atom stereocenters. The van der Waals surface area contributed by atoms with Crippen molar-refractivity contribution in [2.45, 2.75) is 0 Å². The van der Waals surface area contributed by atoms with Gasteiger partial charge in [-0.2, -0.15) is 0 Å². The van der Waals surface area contributed by atoms with Gasteiger partial charge < -0.3 is 4.98 Å². The quantitative estimate of drug-likeness (QED) is 0.454. The van der Waals surface area contributed by atoms with Crippen LogP contribution in [0.1, 0.15) is 10.4 Å². The molecule has 1 rings (SSSR count). The van der Waals surface area contributed by atoms with Crippen molar-refractivity contribution in [3.05, 3.63) is 34.1 Å². The van der Waals surface area contributed by atoms with Crippen molar-refractivity contribution >= 4 is 5.91 Å². The number of nitrogens with zero attached hydrogens (tertiary/aromatic N) is 1. The van der Waals surface area contributed by atoms with Crippen molar-refractivity contribution in [3.63, 3.8) is 0 Å². The highest BCUT2D eigenvalue weighted by atomic mass is 16.6. The van der Waals surface area contributed by atoms with Crippen molar-refractivity contribution in [1.82, 2.24) is 4.98 Å². The molecule has 1 heterocycles. The monoisotopic (exact) mass is 140 g/mol. The summed E-state index contributed by atoms with van der Waals surface area (Å²) in [5, 5.41) is 9.84. The Balaban J connectivity index is 2.88. The third-order valence-corrected chi connectivity index (χ3v) is 1.01. The summed E-state index contributed by atoms with van der Waals surface area (Å²) >= 11 is 0. The lowest BCUT2D eigenvalue weighted by molar-refractivity contribution is -0.375. The van der Waals surface area contributed by atoms with Gasteiger partial charge in [-0.3, -0.25) is 10.1 Å². The third-order valence-electron chi connectivity index (χ3n) is 1.01. The summed E-state index contributed by atoms with van der Waals surface area (Å²) < 4.78 is 0. The summed E-state index contributed by atoms with van der Waals surface area (Å²) in [6.45, 7) is 0. The fraction of sp³-hybridized carbons (Fsp3) is 0. The summed E-state index contributed by atoms with van der Waals surface area (Å²) in [5.41, 5.74) is 0.0741. The summed E-state index contributed by atoms with van der Waals surface area (Å²) in [6, 6.07) is 1.35. The van der Waals surface area contributed by atoms with Crippen LogP contribution in [0.25, 0.3) is 0 Å². The van der Waals surface area contributed by atoms with E-state index in [4.69, 9.17) is 0 Å². The molecule has 0 aliphatic rings. The van der Waals surface area contributed by atoms with Crippen molar-refractivity contribution in [1.29, 1.82) is 0 Å². The topological polar surface area (TPSA) is 76.0 Å². The molecule has 0 saturated carbocycles. The first-order valence-electron chi connectivity index (χ1n) is 2.53. The maximum absolute atomic E-state index is 10.5. The molecule has 52 valence electrons. The maximum Gasteiger partial charge on any atom is 0.478 e. The van der Waals surface area contributed by atoms with Gasteiger partial charge >= 0.3 is 5.91 Å². The normalized spacial score (nSPS) is 9.20. The molecule has 0 saturated heterocycles. The summed E-state index contributed by atoms with van der Waals surface area (Å²) in [5.74, 6) is -1.08. The number of hydrogen-bond acceptors (Lipinski definition) is 3. The lowest BCUT2D eigenvalue weighted by atomic mass is 10.3. The van der Waals surface area contributed by atoms with Crippen molar-refractivity contribution in [2.24, 2.45) is 0 Å². The van der Waals surface area contributed by atoms with Crippen LogP contribution in [0, 0.1) is 10.1 Å². The Hall–Kier alpha value is -1.65. The van der Waals surface area contributed by atoms with E-state index in [1.165, 1.54) is 18.5 Å². The first kappa shape index (κ1) is 6.47. The van der Waals surface area contributed by atoms with Gasteiger partial charge in [0.05, 0.1) is 0 Å². The molecule has 1 N–H and O–H groups in total. The highest BCUT2D eigenvalue weighted by Crippen LogP contribution is 1.97. The van der Waals surface area contributed by atoms with Crippen LogP contribution in [-0.4, -0.2) is 15.8 Å². The average molecular weight is 140 g/mol. The van der Waals surface area contributed by atoms with E-state index in [0.29, 0.717) is 0 Å². The van der Waals surface area contributed by atoms with Gasteiger partial charge in [-0.25, -0.2) is 4.79 Å². The molecule has 0 fully saturated rings. The molecule has 0 aliphatic carbocycles. The Bertz CT molecular complexity index is 252. The Kier molecular flexibility index (Phi) is 1.49. The van der Waals surface area contributed by atoms with Crippen LogP contribution in [0.4, 0.5) is 0 Å². The van der Waals surface area contributed by atoms with E-state index in [1.807, 2.05) is 0 Å². The Morgan fingerprint density at radius 1 is 1.70 bits per heavy atom. The number of nitrogens with one attached hydrogen (secondary N) is 1. The van der Waals surface area contributed by atoms with Crippen LogP contribution < -0.4 is 0 Å². The standard InChI is InChI=1S/C5H4N2O3/c8-5(7(9)10)4-1-2-6-3-4/h1-3,6H. The SMILES string of the molecule is O=C(c1cc[nH]c1)[N+](=O)[O-]. The Morgan fingerprint density at radius 2 is 2.40 bits per heavy atom. The predicted octanol–water partition coefficient (Wildman–Crippen LogP) is 0.432. The van der Waals surface area contributed by atoms with E-state index in [-0.39, 0.29) is 5.56 Å². The molecule has 1 aromatic heterocycles. The van der Waals surface area contributed by atoms with Crippen LogP contribution in [0.5, 0.6) is 0 Å². The molecule has 0 atom stereocenters. The number of amides is 1. The summed E-state index contributed by atoms with van der Waals surface area (Å²) in [6.07, 6.45) is 2.74. The first-order valence-corrected chi connectivity index (χ1v) is 2.53. The van der Waals surface area contributed by atoms with Gasteiger partial charge in [-0.15, -0.1) is 0 Å². The number of aromatic nitrogens is 1. The van der Waals surface area contributed by atoms with Gasteiger partial charge in [-0.05, 0) is 6.07 Å². The number of H-pyrrole nitrogens is 1. The number of aromatic amines is 1. The second kappa shape index (κ2) is 2.30. The molecule has 10 heavy (non-hydrogen) atoms. The molecule has 0 radical (unpaired) electrons. The van der Waals surface area contributed by atoms with Gasteiger partial charge in [-0.1, -0.05) is 0 Å². The molecule has 0 aromatic carbocycles. The molecule has 0 spiro atoms. The fourth-order valence-electron chi connectivity index (χ4n) is 0.562. The molecule has 0 bridgehead atoms. The average Bonchev–Trinajstić information content (AvgIpc) is 2.36. The first-order chi connectivity index (χ1) is 4.72. The number of carbonyl (C=O) groups is 1. The number of hydrogen-bond donors (Lipinski definition) is 1. The smallest absolute Gasteiger partial charge is 0.367 e. The van der Waals surface area contributed by atoms with Gasteiger partial charge in [0, 0.05) is 12.4 Å². The van der Waals surface area contributed by atoms with Gasteiger partial charge in [0.15, 0.2) is 0 Å². The second-order valence-corrected chi connectivity index (χ2v) is 1.66. The second-order valence-electron chi connectivity index (χ2n) is 1.66. The van der Waals surface area contributed by atoms with E-state index >= 15 is 0 Å². The molecule has 5 nitrogen and oxygen atoms in total. The lowest BCUT2D eigenvalue weighted by Crippen LogP contribution is -2.09. The minimum Gasteiger partial charge on any atom is -0.367 e. The van der Waals surface area contributed by atoms with Crippen LogP contribution in [0.3, 0.4) is 0 Å². The number of rotatable bonds is 1. The third kappa shape index (κ3) is 1.02. The summed E-state index contributed by atoms with van der Waals surface area (Å²) in [7, 11) is 0. The minimum atomic E-state index is -1.08. The molecule has 1 aromatic rings. The Labute approximate surface area is 55.8 Å². The molecular weight excluding hydrogens is 136 g/mol. The molecule has 1 amide bonds. The van der Waals surface area contributed by atoms with Crippen LogP contribution in [0.2, 0.25) is 0 Å². The van der Waals surface area contributed by atoms with Crippen molar-refractivity contribution in [3.8, 4) is 0 Å². The zero-order valence-electron chi connectivity index (χ0n) is 4.90. The van der Waals surface area contributed by atoms with E-state index < -0.39 is 10.8 Å². The zero-order valence-corrected chi connectivity index (χ0v) is 4.90. The van der Waals surface area contributed by atoms with Crippen LogP contribution in [0.15, 0.2) is 18.5 Å². The van der Waals surface area contributed by atoms with E-state index in [9.17, 15) is 14.9 Å². The number of carbonyl (C=O) groups excluding carboxylic acids is 1. The van der Waals surface area contributed by atoms with Crippen LogP contribution in [-0.2, 0) is 0 Å². The summed E-state index contributed by atoms with van der Waals surface area (Å²) in [4.78, 5) is 21.9. The molecule has 5 heteroatoms. The molecular formula is C5H4N2O3. The largest absolute Gasteiger partial charge is 0.478 e. The molecule has 0 aliphatic heterocycles. The highest BCUT2D eigenvalue weighted by Gasteiger charge is 2.17. The zero-order chi connectivity index (χ0) is 7.56. The van der Waals surface area contributed by atoms with Gasteiger partial charge in [0.1, 0.15) is 10.5 Å². The number of nitro groups is 1. The van der Waals surface area contributed by atoms with Crippen molar-refractivity contribution in [2.75, 3.05) is 0 Å². The fourth-order valence-corrected chi connectivity index (χ4v) is 0.562. The van der Waals surface area contributed by atoms with Crippen molar-refractivity contribution < 1.29 is 9.72 Å².